The molecule has 0 heterocycles. The van der Waals surface area contributed by atoms with Crippen LogP contribution >= 0.6 is 11.8 Å². The lowest BCUT2D eigenvalue weighted by atomic mass is 9.91. The largest absolute Gasteiger partial charge is 0.324 e. The van der Waals surface area contributed by atoms with E-state index in [1.165, 1.54) is 25.7 Å². The zero-order chi connectivity index (χ0) is 13.1. The average Bonchev–Trinajstić information content (AvgIpc) is 2.31. The van der Waals surface area contributed by atoms with Crippen LogP contribution in [0.25, 0.3) is 0 Å². The number of hydrogen-bond acceptors (Lipinski definition) is 2. The van der Waals surface area contributed by atoms with Gasteiger partial charge < -0.3 is 5.73 Å². The highest BCUT2D eigenvalue weighted by Gasteiger charge is 2.22. The molecular weight excluding hydrogens is 245 g/mol. The van der Waals surface area contributed by atoms with Crippen LogP contribution in [0, 0.1) is 11.7 Å². The van der Waals surface area contributed by atoms with Gasteiger partial charge in [-0.1, -0.05) is 31.9 Å². The Morgan fingerprint density at radius 3 is 2.83 bits per heavy atom. The van der Waals surface area contributed by atoms with Crippen LogP contribution in [0.5, 0.6) is 0 Å². The van der Waals surface area contributed by atoms with Crippen LogP contribution in [-0.4, -0.2) is 5.25 Å². The molecule has 100 valence electrons. The molecule has 1 aromatic carbocycles. The first-order valence-corrected chi connectivity index (χ1v) is 7.66. The molecule has 0 amide bonds. The van der Waals surface area contributed by atoms with Gasteiger partial charge in [-0.15, -0.1) is 11.8 Å². The molecule has 1 fully saturated rings. The third kappa shape index (κ3) is 3.27. The van der Waals surface area contributed by atoms with E-state index in [1.54, 1.807) is 23.9 Å². The van der Waals surface area contributed by atoms with Gasteiger partial charge in [0, 0.05) is 16.2 Å². The van der Waals surface area contributed by atoms with E-state index in [9.17, 15) is 4.39 Å². The quantitative estimate of drug-likeness (QED) is 0.871. The van der Waals surface area contributed by atoms with Gasteiger partial charge in [0.1, 0.15) is 5.82 Å². The fourth-order valence-corrected chi connectivity index (χ4v) is 4.27. The number of halogens is 1. The van der Waals surface area contributed by atoms with Crippen LogP contribution in [0.1, 0.15) is 51.1 Å². The van der Waals surface area contributed by atoms with E-state index in [1.807, 2.05) is 13.0 Å². The Morgan fingerprint density at radius 2 is 2.17 bits per heavy atom. The van der Waals surface area contributed by atoms with Crippen molar-refractivity contribution in [2.24, 2.45) is 11.7 Å². The molecule has 1 aromatic rings. The second-order valence-corrected chi connectivity index (χ2v) is 6.77. The van der Waals surface area contributed by atoms with Crippen molar-refractivity contribution in [3.05, 3.63) is 29.6 Å². The molecule has 1 saturated carbocycles. The van der Waals surface area contributed by atoms with Gasteiger partial charge in [-0.05, 0) is 37.3 Å². The summed E-state index contributed by atoms with van der Waals surface area (Å²) in [6.07, 6.45) is 4.97. The SMILES string of the molecule is CC1CCCC(Sc2c(F)cccc2[C@@H](C)N)C1. The first-order valence-electron chi connectivity index (χ1n) is 6.78. The lowest BCUT2D eigenvalue weighted by Crippen LogP contribution is -2.16. The van der Waals surface area contributed by atoms with Gasteiger partial charge in [-0.3, -0.25) is 0 Å². The van der Waals surface area contributed by atoms with Crippen molar-refractivity contribution in [3.63, 3.8) is 0 Å². The van der Waals surface area contributed by atoms with Crippen molar-refractivity contribution in [2.45, 2.75) is 55.7 Å². The van der Waals surface area contributed by atoms with Crippen LogP contribution in [0.2, 0.25) is 0 Å². The summed E-state index contributed by atoms with van der Waals surface area (Å²) in [5.74, 6) is 0.648. The molecule has 0 aromatic heterocycles. The Balaban J connectivity index is 2.17. The topological polar surface area (TPSA) is 26.0 Å². The Morgan fingerprint density at radius 1 is 1.39 bits per heavy atom. The van der Waals surface area contributed by atoms with Crippen LogP contribution in [0.15, 0.2) is 23.1 Å². The third-order valence-corrected chi connectivity index (χ3v) is 5.09. The Hall–Kier alpha value is -0.540. The highest BCUT2D eigenvalue weighted by atomic mass is 32.2. The Kier molecular flexibility index (Phi) is 4.68. The molecule has 3 heteroatoms. The summed E-state index contributed by atoms with van der Waals surface area (Å²) in [5.41, 5.74) is 6.88. The molecule has 18 heavy (non-hydrogen) atoms. The van der Waals surface area contributed by atoms with E-state index in [4.69, 9.17) is 5.73 Å². The maximum atomic E-state index is 14.0. The summed E-state index contributed by atoms with van der Waals surface area (Å²) in [5, 5.41) is 0.545. The van der Waals surface area contributed by atoms with Crippen molar-refractivity contribution >= 4 is 11.8 Å². The van der Waals surface area contributed by atoms with Crippen molar-refractivity contribution in [1.29, 1.82) is 0 Å². The maximum absolute atomic E-state index is 14.0. The summed E-state index contributed by atoms with van der Waals surface area (Å²) in [6.45, 7) is 4.21. The fraction of sp³-hybridized carbons (Fsp3) is 0.600. The number of nitrogens with two attached hydrogens (primary N) is 1. The summed E-state index contributed by atoms with van der Waals surface area (Å²) in [4.78, 5) is 0.770. The number of benzene rings is 1. The van der Waals surface area contributed by atoms with Crippen LogP contribution < -0.4 is 5.73 Å². The number of thioether (sulfide) groups is 1. The second kappa shape index (κ2) is 6.07. The van der Waals surface area contributed by atoms with Crippen molar-refractivity contribution in [1.82, 2.24) is 0 Å². The van der Waals surface area contributed by atoms with Crippen LogP contribution in [-0.2, 0) is 0 Å². The fourth-order valence-electron chi connectivity index (χ4n) is 2.66. The van der Waals surface area contributed by atoms with Gasteiger partial charge >= 0.3 is 0 Å². The standard InChI is InChI=1S/C15H22FNS/c1-10-5-3-6-12(9-10)18-15-13(11(2)17)7-4-8-14(15)16/h4,7-8,10-12H,3,5-6,9,17H2,1-2H3/t10?,11-,12?/m1/s1. The second-order valence-electron chi connectivity index (χ2n) is 5.46. The van der Waals surface area contributed by atoms with E-state index >= 15 is 0 Å². The van der Waals surface area contributed by atoms with Crippen molar-refractivity contribution in [3.8, 4) is 0 Å². The van der Waals surface area contributed by atoms with E-state index in [-0.39, 0.29) is 11.9 Å². The van der Waals surface area contributed by atoms with E-state index in [0.29, 0.717) is 5.25 Å². The average molecular weight is 267 g/mol. The third-order valence-electron chi connectivity index (χ3n) is 3.66. The van der Waals surface area contributed by atoms with E-state index in [2.05, 4.69) is 6.92 Å². The van der Waals surface area contributed by atoms with Gasteiger partial charge in [-0.2, -0.15) is 0 Å². The molecule has 1 aliphatic rings. The molecule has 0 bridgehead atoms. The highest BCUT2D eigenvalue weighted by Crippen LogP contribution is 2.39. The van der Waals surface area contributed by atoms with E-state index in [0.717, 1.165) is 16.4 Å². The first kappa shape index (κ1) is 13.9. The maximum Gasteiger partial charge on any atom is 0.137 e. The zero-order valence-electron chi connectivity index (χ0n) is 11.2. The Bertz CT molecular complexity index is 405. The molecule has 0 spiro atoms. The molecule has 0 saturated heterocycles. The van der Waals surface area contributed by atoms with Crippen molar-refractivity contribution in [2.75, 3.05) is 0 Å². The minimum atomic E-state index is -0.118. The lowest BCUT2D eigenvalue weighted by molar-refractivity contribution is 0.394. The molecule has 1 nitrogen and oxygen atoms in total. The van der Waals surface area contributed by atoms with Gasteiger partial charge in [-0.25, -0.2) is 4.39 Å². The summed E-state index contributed by atoms with van der Waals surface area (Å²) < 4.78 is 14.0. The molecule has 0 radical (unpaired) electrons. The normalized spacial score (nSPS) is 26.0. The van der Waals surface area contributed by atoms with Gasteiger partial charge in [0.2, 0.25) is 0 Å². The molecule has 2 N–H and O–H groups in total. The molecule has 2 rings (SSSR count). The van der Waals surface area contributed by atoms with Gasteiger partial charge in [0.25, 0.3) is 0 Å². The molecule has 1 aliphatic carbocycles. The molecule has 3 atom stereocenters. The van der Waals surface area contributed by atoms with Crippen molar-refractivity contribution < 1.29 is 4.39 Å². The molecular formula is C15H22FNS. The first-order chi connectivity index (χ1) is 8.58. The number of hydrogen-bond donors (Lipinski definition) is 1. The van der Waals surface area contributed by atoms with Crippen LogP contribution in [0.3, 0.4) is 0 Å². The molecule has 0 aliphatic heterocycles. The minimum absolute atomic E-state index is 0.107. The smallest absolute Gasteiger partial charge is 0.137 e. The summed E-state index contributed by atoms with van der Waals surface area (Å²) >= 11 is 1.69. The molecule has 2 unspecified atom stereocenters. The number of rotatable bonds is 3. The zero-order valence-corrected chi connectivity index (χ0v) is 12.0. The predicted octanol–water partition coefficient (Wildman–Crippen LogP) is 4.52. The lowest BCUT2D eigenvalue weighted by Gasteiger charge is -2.27. The minimum Gasteiger partial charge on any atom is -0.324 e. The monoisotopic (exact) mass is 267 g/mol. The van der Waals surface area contributed by atoms with E-state index < -0.39 is 0 Å². The Labute approximate surface area is 113 Å². The highest BCUT2D eigenvalue weighted by molar-refractivity contribution is 8.00. The van der Waals surface area contributed by atoms with Gasteiger partial charge in [0.05, 0.1) is 0 Å². The summed E-state index contributed by atoms with van der Waals surface area (Å²) in [7, 11) is 0. The van der Waals surface area contributed by atoms with Gasteiger partial charge in [0.15, 0.2) is 0 Å². The summed E-state index contributed by atoms with van der Waals surface area (Å²) in [6, 6.07) is 5.13. The predicted molar refractivity (Wildman–Crippen MR) is 76.3 cm³/mol. The van der Waals surface area contributed by atoms with Crippen LogP contribution in [0.4, 0.5) is 4.39 Å².